The minimum atomic E-state index is -0.493. The highest BCUT2D eigenvalue weighted by Crippen LogP contribution is 2.15. The Balaban J connectivity index is 1.74. The molecule has 1 amide bonds. The smallest absolute Gasteiger partial charge is 0.292 e. The number of rotatable bonds is 4. The van der Waals surface area contributed by atoms with Gasteiger partial charge in [0.2, 0.25) is 0 Å². The summed E-state index contributed by atoms with van der Waals surface area (Å²) in [7, 11) is 0. The number of nitrogens with one attached hydrogen (secondary N) is 2. The predicted molar refractivity (Wildman–Crippen MR) is 113 cm³/mol. The maximum Gasteiger partial charge on any atom is 0.292 e. The monoisotopic (exact) mass is 385 g/mol. The van der Waals surface area contributed by atoms with Crippen LogP contribution in [0.25, 0.3) is 16.5 Å². The van der Waals surface area contributed by atoms with Gasteiger partial charge in [0, 0.05) is 22.3 Å². The number of aromatic nitrogens is 3. The van der Waals surface area contributed by atoms with Crippen molar-refractivity contribution in [2.24, 2.45) is 5.10 Å². The quantitative estimate of drug-likeness (QED) is 0.418. The third-order valence-electron chi connectivity index (χ3n) is 4.58. The molecule has 4 rings (SSSR count). The zero-order valence-electron chi connectivity index (χ0n) is 16.0. The summed E-state index contributed by atoms with van der Waals surface area (Å²) in [5.41, 5.74) is 5.79. The molecule has 0 unspecified atom stereocenters. The Bertz CT molecular complexity index is 1290. The van der Waals surface area contributed by atoms with Gasteiger partial charge in [-0.1, -0.05) is 36.4 Å². The van der Waals surface area contributed by atoms with E-state index in [1.54, 1.807) is 42.6 Å². The molecule has 0 atom stereocenters. The number of carbonyl (C=O) groups excluding carboxylic acids is 1. The highest BCUT2D eigenvalue weighted by atomic mass is 16.2. The average Bonchev–Trinajstić information content (AvgIpc) is 3.06. The third-order valence-corrected chi connectivity index (χ3v) is 4.58. The van der Waals surface area contributed by atoms with Crippen molar-refractivity contribution in [2.75, 3.05) is 0 Å². The van der Waals surface area contributed by atoms with E-state index in [0.717, 1.165) is 17.0 Å². The molecule has 4 aromatic rings. The van der Waals surface area contributed by atoms with Crippen molar-refractivity contribution in [1.82, 2.24) is 20.2 Å². The molecular formula is C22H19N5O2. The number of fused-ring (bicyclic) bond motifs is 1. The van der Waals surface area contributed by atoms with Gasteiger partial charge in [-0.25, -0.2) is 5.43 Å². The van der Waals surface area contributed by atoms with Crippen molar-refractivity contribution in [2.45, 2.75) is 13.8 Å². The van der Waals surface area contributed by atoms with Gasteiger partial charge in [0.15, 0.2) is 5.69 Å². The number of aromatic amines is 1. The average molecular weight is 385 g/mol. The summed E-state index contributed by atoms with van der Waals surface area (Å²) in [5, 5.41) is 9.27. The number of aryl methyl sites for hydroxylation is 2. The summed E-state index contributed by atoms with van der Waals surface area (Å²) < 4.78 is 1.24. The molecule has 0 saturated carbocycles. The molecular weight excluding hydrogens is 366 g/mol. The highest BCUT2D eigenvalue weighted by Gasteiger charge is 2.17. The van der Waals surface area contributed by atoms with Crippen LogP contribution < -0.4 is 11.0 Å². The van der Waals surface area contributed by atoms with Crippen molar-refractivity contribution >= 4 is 22.9 Å². The first kappa shape index (κ1) is 18.4. The van der Waals surface area contributed by atoms with Gasteiger partial charge in [0.25, 0.3) is 11.5 Å². The van der Waals surface area contributed by atoms with Crippen LogP contribution in [0.15, 0.2) is 70.6 Å². The first-order chi connectivity index (χ1) is 14.0. The van der Waals surface area contributed by atoms with Crippen LogP contribution in [0, 0.1) is 13.8 Å². The lowest BCUT2D eigenvalue weighted by molar-refractivity contribution is 0.0950. The van der Waals surface area contributed by atoms with E-state index < -0.39 is 5.91 Å². The van der Waals surface area contributed by atoms with Crippen LogP contribution >= 0.6 is 0 Å². The van der Waals surface area contributed by atoms with Crippen LogP contribution in [0.2, 0.25) is 0 Å². The molecule has 0 saturated heterocycles. The Morgan fingerprint density at radius 3 is 2.45 bits per heavy atom. The molecule has 2 aromatic carbocycles. The number of hydrazone groups is 1. The molecule has 0 radical (unpaired) electrons. The molecule has 0 spiro atoms. The molecule has 0 aliphatic heterocycles. The molecule has 2 aromatic heterocycles. The number of carbonyl (C=O) groups is 1. The van der Waals surface area contributed by atoms with E-state index >= 15 is 0 Å². The maximum atomic E-state index is 12.9. The summed E-state index contributed by atoms with van der Waals surface area (Å²) in [6.45, 7) is 3.88. The molecule has 0 aliphatic carbocycles. The first-order valence-electron chi connectivity index (χ1n) is 9.11. The van der Waals surface area contributed by atoms with Gasteiger partial charge in [-0.05, 0) is 38.1 Å². The number of amides is 1. The molecule has 2 heterocycles. The van der Waals surface area contributed by atoms with Crippen molar-refractivity contribution in [3.05, 3.63) is 93.7 Å². The van der Waals surface area contributed by atoms with Gasteiger partial charge in [-0.3, -0.25) is 9.59 Å². The normalized spacial score (nSPS) is 11.2. The predicted octanol–water partition coefficient (Wildman–Crippen LogP) is 3.09. The number of H-pyrrole nitrogens is 1. The van der Waals surface area contributed by atoms with Crippen LogP contribution in [-0.2, 0) is 0 Å². The summed E-state index contributed by atoms with van der Waals surface area (Å²) >= 11 is 0. The number of hydrogen-bond donors (Lipinski definition) is 2. The van der Waals surface area contributed by atoms with Gasteiger partial charge in [-0.2, -0.15) is 14.9 Å². The first-order valence-corrected chi connectivity index (χ1v) is 9.11. The minimum Gasteiger partial charge on any atom is -0.362 e. The second kappa shape index (κ2) is 7.55. The fourth-order valence-electron chi connectivity index (χ4n) is 3.19. The van der Waals surface area contributed by atoms with Crippen LogP contribution in [-0.4, -0.2) is 26.9 Å². The lowest BCUT2D eigenvalue weighted by Gasteiger charge is -2.10. The van der Waals surface area contributed by atoms with Crippen molar-refractivity contribution in [3.63, 3.8) is 0 Å². The lowest BCUT2D eigenvalue weighted by atomic mass is 10.1. The van der Waals surface area contributed by atoms with Gasteiger partial charge >= 0.3 is 0 Å². The highest BCUT2D eigenvalue weighted by molar-refractivity contribution is 6.05. The van der Waals surface area contributed by atoms with E-state index in [1.807, 2.05) is 38.1 Å². The summed E-state index contributed by atoms with van der Waals surface area (Å²) in [6.07, 6.45) is 1.58. The maximum absolute atomic E-state index is 12.9. The van der Waals surface area contributed by atoms with E-state index in [-0.39, 0.29) is 11.3 Å². The van der Waals surface area contributed by atoms with Crippen LogP contribution in [0.4, 0.5) is 0 Å². The van der Waals surface area contributed by atoms with E-state index in [2.05, 4.69) is 20.6 Å². The number of hydrogen-bond acceptors (Lipinski definition) is 4. The van der Waals surface area contributed by atoms with Gasteiger partial charge < -0.3 is 4.98 Å². The van der Waals surface area contributed by atoms with Crippen LogP contribution in [0.5, 0.6) is 0 Å². The zero-order chi connectivity index (χ0) is 20.4. The zero-order valence-corrected chi connectivity index (χ0v) is 16.0. The van der Waals surface area contributed by atoms with Gasteiger partial charge in [-0.15, -0.1) is 0 Å². The van der Waals surface area contributed by atoms with Gasteiger partial charge in [0.1, 0.15) is 0 Å². The van der Waals surface area contributed by atoms with Crippen LogP contribution in [0.3, 0.4) is 0 Å². The SMILES string of the molecule is Cc1cc(/C=N/NC(=O)c2nn(-c3ccccc3)c(=O)c3ccccc23)c(C)[nH]1. The summed E-state index contributed by atoms with van der Waals surface area (Å²) in [5.74, 6) is -0.493. The van der Waals surface area contributed by atoms with Crippen molar-refractivity contribution < 1.29 is 4.79 Å². The molecule has 7 nitrogen and oxygen atoms in total. The Hall–Kier alpha value is -4.00. The van der Waals surface area contributed by atoms with E-state index in [1.165, 1.54) is 4.68 Å². The molecule has 29 heavy (non-hydrogen) atoms. The second-order valence-electron chi connectivity index (χ2n) is 6.68. The Kier molecular flexibility index (Phi) is 4.78. The third kappa shape index (κ3) is 3.58. The Labute approximate surface area is 166 Å². The Morgan fingerprint density at radius 2 is 1.76 bits per heavy atom. The molecule has 0 bridgehead atoms. The largest absolute Gasteiger partial charge is 0.362 e. The van der Waals surface area contributed by atoms with Crippen LogP contribution in [0.1, 0.15) is 27.4 Å². The Morgan fingerprint density at radius 1 is 1.07 bits per heavy atom. The topological polar surface area (TPSA) is 92.1 Å². The number of nitrogens with zero attached hydrogens (tertiary/aromatic N) is 3. The van der Waals surface area contributed by atoms with E-state index in [4.69, 9.17) is 0 Å². The molecule has 2 N–H and O–H groups in total. The molecule has 7 heteroatoms. The molecule has 0 aliphatic rings. The van der Waals surface area contributed by atoms with E-state index in [0.29, 0.717) is 16.5 Å². The summed E-state index contributed by atoms with van der Waals surface area (Å²) in [6, 6.07) is 17.9. The molecule has 0 fully saturated rings. The number of para-hydroxylation sites is 1. The second-order valence-corrected chi connectivity index (χ2v) is 6.68. The van der Waals surface area contributed by atoms with Crippen molar-refractivity contribution in [1.29, 1.82) is 0 Å². The minimum absolute atomic E-state index is 0.128. The van der Waals surface area contributed by atoms with E-state index in [9.17, 15) is 9.59 Å². The van der Waals surface area contributed by atoms with Gasteiger partial charge in [0.05, 0.1) is 17.3 Å². The fourth-order valence-corrected chi connectivity index (χ4v) is 3.19. The summed E-state index contributed by atoms with van der Waals surface area (Å²) in [4.78, 5) is 28.9. The fraction of sp³-hybridized carbons (Fsp3) is 0.0909. The number of benzene rings is 2. The van der Waals surface area contributed by atoms with Crippen molar-refractivity contribution in [3.8, 4) is 5.69 Å². The standard InChI is InChI=1S/C22H19N5O2/c1-14-12-16(15(2)24-14)13-23-25-21(28)20-18-10-6-7-11-19(18)22(29)27(26-20)17-8-4-3-5-9-17/h3-13,24H,1-2H3,(H,25,28)/b23-13+. The molecule has 144 valence electrons. The lowest BCUT2D eigenvalue weighted by Crippen LogP contribution is -2.28.